The first kappa shape index (κ1) is 15.3. The molecule has 0 aliphatic carbocycles. The molecular weight excluding hydrogens is 307 g/mol. The lowest BCUT2D eigenvalue weighted by Crippen LogP contribution is -2.43. The van der Waals surface area contributed by atoms with Crippen molar-refractivity contribution in [3.05, 3.63) is 47.5 Å². The Labute approximate surface area is 130 Å². The molecule has 4 nitrogen and oxygen atoms in total. The van der Waals surface area contributed by atoms with Gasteiger partial charge >= 0.3 is 6.18 Å². The summed E-state index contributed by atoms with van der Waals surface area (Å²) in [5.41, 5.74) is 2.76. The van der Waals surface area contributed by atoms with Gasteiger partial charge in [0.25, 0.3) is 0 Å². The normalized spacial score (nSPS) is 17.0. The minimum Gasteiger partial charge on any atom is -0.288 e. The summed E-state index contributed by atoms with van der Waals surface area (Å²) < 4.78 is 40.4. The second kappa shape index (κ2) is 5.56. The minimum absolute atomic E-state index is 0.00835. The van der Waals surface area contributed by atoms with Gasteiger partial charge < -0.3 is 0 Å². The molecule has 1 amide bonds. The van der Waals surface area contributed by atoms with E-state index in [-0.39, 0.29) is 18.5 Å². The molecule has 2 aromatic rings. The van der Waals surface area contributed by atoms with E-state index in [9.17, 15) is 18.0 Å². The molecule has 7 heteroatoms. The van der Waals surface area contributed by atoms with Crippen molar-refractivity contribution in [1.29, 1.82) is 5.26 Å². The van der Waals surface area contributed by atoms with Crippen molar-refractivity contribution in [3.8, 4) is 6.07 Å². The molecule has 0 radical (unpaired) electrons. The van der Waals surface area contributed by atoms with Crippen LogP contribution in [-0.4, -0.2) is 23.6 Å². The number of hydrogen-bond donors (Lipinski definition) is 1. The van der Waals surface area contributed by atoms with E-state index in [1.54, 1.807) is 24.3 Å². The fourth-order valence-corrected chi connectivity index (χ4v) is 2.74. The van der Waals surface area contributed by atoms with Crippen molar-refractivity contribution >= 4 is 16.7 Å². The molecule has 0 unspecified atom stereocenters. The van der Waals surface area contributed by atoms with Crippen LogP contribution in [0, 0.1) is 11.3 Å². The molecule has 0 bridgehead atoms. The van der Waals surface area contributed by atoms with Gasteiger partial charge in [0, 0.05) is 13.0 Å². The van der Waals surface area contributed by atoms with E-state index in [2.05, 4.69) is 5.43 Å². The van der Waals surface area contributed by atoms with Crippen LogP contribution in [0.25, 0.3) is 10.8 Å². The molecule has 1 heterocycles. The maximum absolute atomic E-state index is 13.5. The molecule has 1 fully saturated rings. The number of benzene rings is 2. The number of hydrazine groups is 1. The predicted molar refractivity (Wildman–Crippen MR) is 76.9 cm³/mol. The number of fused-ring (bicyclic) bond motifs is 1. The third-order valence-electron chi connectivity index (χ3n) is 3.78. The van der Waals surface area contributed by atoms with Crippen LogP contribution in [-0.2, 0) is 4.79 Å². The molecule has 1 aliphatic rings. The molecule has 1 saturated heterocycles. The Bertz CT molecular complexity index is 810. The van der Waals surface area contributed by atoms with Crippen LogP contribution in [0.1, 0.15) is 23.6 Å². The molecule has 1 atom stereocenters. The Kier molecular flexibility index (Phi) is 3.70. The molecule has 23 heavy (non-hydrogen) atoms. The zero-order valence-electron chi connectivity index (χ0n) is 11.9. The highest BCUT2D eigenvalue weighted by molar-refractivity contribution is 5.84. The van der Waals surface area contributed by atoms with Crippen molar-refractivity contribution in [2.45, 2.75) is 18.6 Å². The van der Waals surface area contributed by atoms with Crippen LogP contribution in [0.4, 0.5) is 13.2 Å². The standard InChI is InChI=1S/C16H12F3N3O/c17-16(18,19)15(22-6-5-14(23)21-22)13-4-3-11-7-10(9-20)1-2-12(11)8-13/h1-4,7-8,15H,5-6H2,(H,21,23)/t15-/m0/s1. The Morgan fingerprint density at radius 2 is 1.87 bits per heavy atom. The third kappa shape index (κ3) is 2.98. The summed E-state index contributed by atoms with van der Waals surface area (Å²) in [4.78, 5) is 11.2. The van der Waals surface area contributed by atoms with Gasteiger partial charge in [-0.15, -0.1) is 0 Å². The van der Waals surface area contributed by atoms with Gasteiger partial charge in [-0.25, -0.2) is 5.01 Å². The van der Waals surface area contributed by atoms with Crippen LogP contribution in [0.3, 0.4) is 0 Å². The summed E-state index contributed by atoms with van der Waals surface area (Å²) in [6.07, 6.45) is -4.47. The summed E-state index contributed by atoms with van der Waals surface area (Å²) in [6.45, 7) is 0.00835. The number of nitrogens with one attached hydrogen (secondary N) is 1. The first-order valence-corrected chi connectivity index (χ1v) is 6.95. The summed E-state index contributed by atoms with van der Waals surface area (Å²) >= 11 is 0. The smallest absolute Gasteiger partial charge is 0.288 e. The van der Waals surface area contributed by atoms with Crippen LogP contribution in [0.5, 0.6) is 0 Å². The molecule has 118 valence electrons. The monoisotopic (exact) mass is 319 g/mol. The van der Waals surface area contributed by atoms with Gasteiger partial charge in [0.1, 0.15) is 6.04 Å². The van der Waals surface area contributed by atoms with Gasteiger partial charge in [0.2, 0.25) is 5.91 Å². The summed E-state index contributed by atoms with van der Waals surface area (Å²) in [6, 6.07) is 9.29. The molecule has 1 aliphatic heterocycles. The summed E-state index contributed by atoms with van der Waals surface area (Å²) in [7, 11) is 0. The number of nitrogens with zero attached hydrogens (tertiary/aromatic N) is 2. The average molecular weight is 319 g/mol. The highest BCUT2D eigenvalue weighted by Crippen LogP contribution is 2.38. The summed E-state index contributed by atoms with van der Waals surface area (Å²) in [5, 5.41) is 11.1. The summed E-state index contributed by atoms with van der Waals surface area (Å²) in [5.74, 6) is -0.418. The Morgan fingerprint density at radius 1 is 1.17 bits per heavy atom. The molecule has 3 rings (SSSR count). The number of amides is 1. The fraction of sp³-hybridized carbons (Fsp3) is 0.250. The maximum Gasteiger partial charge on any atom is 0.409 e. The topological polar surface area (TPSA) is 56.1 Å². The van der Waals surface area contributed by atoms with Crippen LogP contribution >= 0.6 is 0 Å². The lowest BCUT2D eigenvalue weighted by molar-refractivity contribution is -0.191. The quantitative estimate of drug-likeness (QED) is 0.925. The number of carbonyl (C=O) groups excluding carboxylic acids is 1. The van der Waals surface area contributed by atoms with Gasteiger partial charge in [-0.2, -0.15) is 18.4 Å². The zero-order valence-corrected chi connectivity index (χ0v) is 11.9. The largest absolute Gasteiger partial charge is 0.409 e. The van der Waals surface area contributed by atoms with Crippen molar-refractivity contribution in [2.24, 2.45) is 0 Å². The lowest BCUT2D eigenvalue weighted by atomic mass is 10.00. The highest BCUT2D eigenvalue weighted by atomic mass is 19.4. The number of halogens is 3. The Morgan fingerprint density at radius 3 is 2.48 bits per heavy atom. The van der Waals surface area contributed by atoms with E-state index in [0.29, 0.717) is 16.3 Å². The Hall–Kier alpha value is -2.59. The van der Waals surface area contributed by atoms with Crippen molar-refractivity contribution in [2.75, 3.05) is 6.54 Å². The van der Waals surface area contributed by atoms with Gasteiger partial charge in [0.05, 0.1) is 11.6 Å². The first-order chi connectivity index (χ1) is 10.9. The number of hydrogen-bond acceptors (Lipinski definition) is 3. The van der Waals surface area contributed by atoms with Gasteiger partial charge in [-0.1, -0.05) is 18.2 Å². The second-order valence-electron chi connectivity index (χ2n) is 5.36. The molecule has 0 aromatic heterocycles. The molecule has 0 saturated carbocycles. The van der Waals surface area contributed by atoms with E-state index in [4.69, 9.17) is 5.26 Å². The maximum atomic E-state index is 13.5. The van der Waals surface area contributed by atoms with E-state index < -0.39 is 18.1 Å². The zero-order chi connectivity index (χ0) is 16.6. The number of nitriles is 1. The molecule has 2 aromatic carbocycles. The van der Waals surface area contributed by atoms with Crippen molar-refractivity contribution < 1.29 is 18.0 Å². The molecule has 0 spiro atoms. The van der Waals surface area contributed by atoms with E-state index in [1.165, 1.54) is 12.1 Å². The average Bonchev–Trinajstić information content (AvgIpc) is 2.91. The van der Waals surface area contributed by atoms with E-state index in [1.807, 2.05) is 6.07 Å². The first-order valence-electron chi connectivity index (χ1n) is 6.95. The van der Waals surface area contributed by atoms with E-state index in [0.717, 1.165) is 5.01 Å². The second-order valence-corrected chi connectivity index (χ2v) is 5.36. The van der Waals surface area contributed by atoms with Crippen LogP contribution in [0.2, 0.25) is 0 Å². The number of alkyl halides is 3. The van der Waals surface area contributed by atoms with Gasteiger partial charge in [0.15, 0.2) is 0 Å². The minimum atomic E-state index is -4.52. The van der Waals surface area contributed by atoms with Crippen molar-refractivity contribution in [1.82, 2.24) is 10.4 Å². The molecule has 1 N–H and O–H groups in total. The van der Waals surface area contributed by atoms with Crippen LogP contribution < -0.4 is 5.43 Å². The van der Waals surface area contributed by atoms with Gasteiger partial charge in [-0.3, -0.25) is 10.2 Å². The third-order valence-corrected chi connectivity index (χ3v) is 3.78. The lowest BCUT2D eigenvalue weighted by Gasteiger charge is -2.29. The van der Waals surface area contributed by atoms with Gasteiger partial charge in [-0.05, 0) is 34.5 Å². The SMILES string of the molecule is N#Cc1ccc2cc([C@H](N3CCC(=O)N3)C(F)(F)F)ccc2c1. The fourth-order valence-electron chi connectivity index (χ4n) is 2.74. The Balaban J connectivity index is 2.04. The highest BCUT2D eigenvalue weighted by Gasteiger charge is 2.46. The molecular formula is C16H12F3N3O. The predicted octanol–water partition coefficient (Wildman–Crippen LogP) is 3.05. The number of carbonyl (C=O) groups is 1. The van der Waals surface area contributed by atoms with Crippen molar-refractivity contribution in [3.63, 3.8) is 0 Å². The van der Waals surface area contributed by atoms with E-state index >= 15 is 0 Å². The van der Waals surface area contributed by atoms with Crippen LogP contribution in [0.15, 0.2) is 36.4 Å². The number of rotatable bonds is 2.